The molecule has 182 valence electrons. The number of hydrogen-bond acceptors (Lipinski definition) is 5. The quantitative estimate of drug-likeness (QED) is 0.411. The second-order valence-corrected chi connectivity index (χ2v) is 9.67. The first kappa shape index (κ1) is 23.7. The molecule has 1 saturated heterocycles. The molecule has 0 radical (unpaired) electrons. The predicted molar refractivity (Wildman–Crippen MR) is 140 cm³/mol. The number of para-hydroxylation sites is 1. The van der Waals surface area contributed by atoms with Gasteiger partial charge >= 0.3 is 5.69 Å². The number of hydrogen-bond donors (Lipinski definition) is 0. The highest BCUT2D eigenvalue weighted by Crippen LogP contribution is 2.24. The van der Waals surface area contributed by atoms with E-state index in [0.29, 0.717) is 34.3 Å². The average Bonchev–Trinajstić information content (AvgIpc) is 3.22. The molecular weight excluding hydrogens is 487 g/mol. The van der Waals surface area contributed by atoms with Crippen LogP contribution in [0.5, 0.6) is 0 Å². The summed E-state index contributed by atoms with van der Waals surface area (Å²) in [5, 5.41) is 1.06. The summed E-state index contributed by atoms with van der Waals surface area (Å²) in [4.78, 5) is 35.2. The number of aromatic nitrogens is 4. The number of imidazole rings is 1. The molecule has 0 N–H and O–H groups in total. The molecule has 8 nitrogen and oxygen atoms in total. The Hall–Kier alpha value is -3.07. The number of benzene rings is 2. The number of halogens is 2. The first-order valence-electron chi connectivity index (χ1n) is 11.4. The average molecular weight is 513 g/mol. The van der Waals surface area contributed by atoms with Crippen molar-refractivity contribution >= 4 is 40.1 Å². The minimum atomic E-state index is -0.403. The third-order valence-electron chi connectivity index (χ3n) is 6.63. The van der Waals surface area contributed by atoms with Crippen LogP contribution in [0.3, 0.4) is 0 Å². The van der Waals surface area contributed by atoms with Crippen LogP contribution in [0.4, 0.5) is 5.69 Å². The fourth-order valence-corrected chi connectivity index (χ4v) is 5.07. The molecule has 35 heavy (non-hydrogen) atoms. The van der Waals surface area contributed by atoms with Gasteiger partial charge in [-0.3, -0.25) is 18.8 Å². The van der Waals surface area contributed by atoms with Gasteiger partial charge in [0.2, 0.25) is 0 Å². The second-order valence-electron chi connectivity index (χ2n) is 8.83. The maximum Gasteiger partial charge on any atom is 0.332 e. The van der Waals surface area contributed by atoms with Crippen molar-refractivity contribution in [3.8, 4) is 0 Å². The first-order chi connectivity index (χ1) is 16.8. The number of piperazine rings is 1. The normalized spacial score (nSPS) is 14.7. The van der Waals surface area contributed by atoms with Gasteiger partial charge in [0.1, 0.15) is 5.82 Å². The minimum absolute atomic E-state index is 0.346. The van der Waals surface area contributed by atoms with Crippen LogP contribution >= 0.6 is 23.2 Å². The van der Waals surface area contributed by atoms with Gasteiger partial charge in [0.15, 0.2) is 11.2 Å². The van der Waals surface area contributed by atoms with Crippen molar-refractivity contribution in [2.75, 3.05) is 31.1 Å². The van der Waals surface area contributed by atoms with Crippen molar-refractivity contribution in [3.05, 3.63) is 90.8 Å². The highest BCUT2D eigenvalue weighted by Gasteiger charge is 2.23. The van der Waals surface area contributed by atoms with Crippen LogP contribution < -0.4 is 16.1 Å². The van der Waals surface area contributed by atoms with E-state index in [2.05, 4.69) is 34.1 Å². The summed E-state index contributed by atoms with van der Waals surface area (Å²) >= 11 is 12.6. The van der Waals surface area contributed by atoms with E-state index in [1.165, 1.54) is 17.3 Å². The van der Waals surface area contributed by atoms with Crippen molar-refractivity contribution < 1.29 is 0 Å². The molecule has 10 heteroatoms. The molecule has 4 aromatic rings. The van der Waals surface area contributed by atoms with Crippen LogP contribution in [0.1, 0.15) is 11.4 Å². The molecule has 0 bridgehead atoms. The van der Waals surface area contributed by atoms with Gasteiger partial charge in [0.05, 0.1) is 13.1 Å². The summed E-state index contributed by atoms with van der Waals surface area (Å²) in [6, 6.07) is 15.7. The van der Waals surface area contributed by atoms with E-state index in [-0.39, 0.29) is 5.56 Å². The van der Waals surface area contributed by atoms with Gasteiger partial charge < -0.3 is 9.47 Å². The number of nitrogens with zero attached hydrogens (tertiary/aromatic N) is 6. The topological polar surface area (TPSA) is 68.3 Å². The molecule has 0 amide bonds. The van der Waals surface area contributed by atoms with Crippen molar-refractivity contribution in [1.29, 1.82) is 0 Å². The number of anilines is 1. The zero-order valence-corrected chi connectivity index (χ0v) is 21.1. The number of rotatable bonds is 5. The monoisotopic (exact) mass is 512 g/mol. The van der Waals surface area contributed by atoms with Crippen LogP contribution in [-0.4, -0.2) is 49.8 Å². The standard InChI is InChI=1S/C25H26Cl2N6O2/c1-29-23-22(24(34)30(2)25(29)35)33(15-17-8-9-18(26)14-20(17)27)21(28-23)16-31-10-12-32(13-11-31)19-6-4-3-5-7-19/h3-9,14H,10-13,15-16H2,1-2H3. The van der Waals surface area contributed by atoms with Gasteiger partial charge in [-0.25, -0.2) is 9.78 Å². The van der Waals surface area contributed by atoms with E-state index >= 15 is 0 Å². The molecule has 1 fully saturated rings. The fraction of sp³-hybridized carbons (Fsp3) is 0.320. The zero-order chi connectivity index (χ0) is 24.7. The van der Waals surface area contributed by atoms with Crippen molar-refractivity contribution in [1.82, 2.24) is 23.6 Å². The van der Waals surface area contributed by atoms with Crippen LogP contribution in [0, 0.1) is 0 Å². The number of aryl methyl sites for hydroxylation is 1. The lowest BCUT2D eigenvalue weighted by Crippen LogP contribution is -2.46. The molecule has 1 aliphatic rings. The smallest absolute Gasteiger partial charge is 0.332 e. The Labute approximate surface area is 212 Å². The molecule has 1 aliphatic heterocycles. The van der Waals surface area contributed by atoms with E-state index in [4.69, 9.17) is 28.2 Å². The van der Waals surface area contributed by atoms with E-state index in [0.717, 1.165) is 42.1 Å². The SMILES string of the molecule is Cn1c(=O)c2c(nc(CN3CCN(c4ccccc4)CC3)n2Cc2ccc(Cl)cc2Cl)n(C)c1=O. The molecule has 0 spiro atoms. The Morgan fingerprint density at radius 1 is 0.886 bits per heavy atom. The molecule has 5 rings (SSSR count). The second kappa shape index (κ2) is 9.53. The highest BCUT2D eigenvalue weighted by molar-refractivity contribution is 6.35. The summed E-state index contributed by atoms with van der Waals surface area (Å²) in [6.45, 7) is 4.41. The van der Waals surface area contributed by atoms with Crippen LogP contribution in [0.15, 0.2) is 58.1 Å². The molecule has 3 heterocycles. The van der Waals surface area contributed by atoms with Gasteiger partial charge in [-0.15, -0.1) is 0 Å². The number of fused-ring (bicyclic) bond motifs is 1. The third-order valence-corrected chi connectivity index (χ3v) is 7.22. The first-order valence-corrected chi connectivity index (χ1v) is 12.2. The Morgan fingerprint density at radius 3 is 2.29 bits per heavy atom. The van der Waals surface area contributed by atoms with Crippen molar-refractivity contribution in [2.45, 2.75) is 13.1 Å². The zero-order valence-electron chi connectivity index (χ0n) is 19.6. The fourth-order valence-electron chi connectivity index (χ4n) is 4.61. The summed E-state index contributed by atoms with van der Waals surface area (Å²) < 4.78 is 4.43. The van der Waals surface area contributed by atoms with Gasteiger partial charge in [0, 0.05) is 56.0 Å². The maximum absolute atomic E-state index is 13.2. The summed E-state index contributed by atoms with van der Waals surface area (Å²) in [5.74, 6) is 0.720. The summed E-state index contributed by atoms with van der Waals surface area (Å²) in [5.41, 5.74) is 2.02. The maximum atomic E-state index is 13.2. The lowest BCUT2D eigenvalue weighted by atomic mass is 10.2. The summed E-state index contributed by atoms with van der Waals surface area (Å²) in [7, 11) is 3.12. The Morgan fingerprint density at radius 2 is 1.60 bits per heavy atom. The van der Waals surface area contributed by atoms with Gasteiger partial charge in [0.25, 0.3) is 5.56 Å². The summed E-state index contributed by atoms with van der Waals surface area (Å²) in [6.07, 6.45) is 0. The van der Waals surface area contributed by atoms with Crippen LogP contribution in [0.25, 0.3) is 11.2 Å². The Kier molecular flexibility index (Phi) is 6.44. The van der Waals surface area contributed by atoms with E-state index in [9.17, 15) is 9.59 Å². The third kappa shape index (κ3) is 4.49. The lowest BCUT2D eigenvalue weighted by Gasteiger charge is -2.36. The van der Waals surface area contributed by atoms with Gasteiger partial charge in [-0.05, 0) is 29.8 Å². The lowest BCUT2D eigenvalue weighted by molar-refractivity contribution is 0.241. The predicted octanol–water partition coefficient (Wildman–Crippen LogP) is 3.11. The van der Waals surface area contributed by atoms with E-state index in [1.54, 1.807) is 19.2 Å². The molecular formula is C25H26Cl2N6O2. The minimum Gasteiger partial charge on any atom is -0.369 e. The Balaban J connectivity index is 1.50. The molecule has 0 aliphatic carbocycles. The van der Waals surface area contributed by atoms with E-state index < -0.39 is 5.69 Å². The van der Waals surface area contributed by atoms with Crippen LogP contribution in [-0.2, 0) is 27.2 Å². The van der Waals surface area contributed by atoms with Gasteiger partial charge in [-0.1, -0.05) is 47.5 Å². The molecule has 0 unspecified atom stereocenters. The molecule has 0 atom stereocenters. The van der Waals surface area contributed by atoms with Crippen molar-refractivity contribution in [3.63, 3.8) is 0 Å². The molecule has 0 saturated carbocycles. The van der Waals surface area contributed by atoms with Crippen LogP contribution in [0.2, 0.25) is 10.0 Å². The molecule has 2 aromatic carbocycles. The largest absolute Gasteiger partial charge is 0.369 e. The van der Waals surface area contributed by atoms with E-state index in [1.807, 2.05) is 16.7 Å². The van der Waals surface area contributed by atoms with Crippen molar-refractivity contribution in [2.24, 2.45) is 14.1 Å². The highest BCUT2D eigenvalue weighted by atomic mass is 35.5. The van der Waals surface area contributed by atoms with Gasteiger partial charge in [-0.2, -0.15) is 0 Å². The Bertz CT molecular complexity index is 1500. The molecule has 2 aromatic heterocycles.